The zero-order valence-corrected chi connectivity index (χ0v) is 11.3. The molecule has 4 rings (SSSR count). The molecule has 102 valence electrons. The third-order valence-corrected chi connectivity index (χ3v) is 3.42. The molecule has 3 aromatic rings. The monoisotopic (exact) mass is 289 g/mol. The third kappa shape index (κ3) is 1.77. The first-order chi connectivity index (χ1) is 9.33. The van der Waals surface area contributed by atoms with Crippen molar-refractivity contribution in [3.8, 4) is 11.3 Å². The minimum Gasteiger partial charge on any atom is -0.384 e. The van der Waals surface area contributed by atoms with E-state index in [9.17, 15) is 4.79 Å². The number of imidazole rings is 1. The minimum absolute atomic E-state index is 0. The van der Waals surface area contributed by atoms with Crippen LogP contribution in [0.15, 0.2) is 35.5 Å². The lowest BCUT2D eigenvalue weighted by Gasteiger charge is -2.04. The van der Waals surface area contributed by atoms with Crippen LogP contribution < -0.4 is 10.9 Å². The number of fused-ring (bicyclic) bond motifs is 2. The van der Waals surface area contributed by atoms with Gasteiger partial charge in [0.05, 0.1) is 11.9 Å². The fraction of sp³-hybridized carbons (Fsp3) is 0.154. The summed E-state index contributed by atoms with van der Waals surface area (Å²) >= 11 is 0. The highest BCUT2D eigenvalue weighted by atomic mass is 35.5. The third-order valence-electron chi connectivity index (χ3n) is 3.42. The molecule has 20 heavy (non-hydrogen) atoms. The van der Waals surface area contributed by atoms with Crippen molar-refractivity contribution in [1.82, 2.24) is 19.6 Å². The number of H-pyrrole nitrogens is 1. The lowest BCUT2D eigenvalue weighted by Crippen LogP contribution is -2.11. The lowest BCUT2D eigenvalue weighted by molar-refractivity contribution is 0.888. The van der Waals surface area contributed by atoms with Gasteiger partial charge in [0, 0.05) is 17.8 Å². The second kappa shape index (κ2) is 4.64. The zero-order valence-electron chi connectivity index (χ0n) is 10.5. The van der Waals surface area contributed by atoms with Crippen LogP contribution in [0, 0.1) is 0 Å². The maximum atomic E-state index is 11.6. The summed E-state index contributed by atoms with van der Waals surface area (Å²) < 4.78 is 1.57. The minimum atomic E-state index is -0.232. The molecule has 6 nitrogen and oxygen atoms in total. The Morgan fingerprint density at radius 1 is 1.30 bits per heavy atom. The molecule has 0 aliphatic carbocycles. The molecule has 1 aliphatic heterocycles. The maximum Gasteiger partial charge on any atom is 0.294 e. The van der Waals surface area contributed by atoms with Gasteiger partial charge < -0.3 is 10.3 Å². The SMILES string of the molecule is Cl.O=c1[nH]cnn2c(-c3ccc4c(c3)CCN4)cnc12. The van der Waals surface area contributed by atoms with Gasteiger partial charge in [-0.05, 0) is 24.1 Å². The molecule has 0 radical (unpaired) electrons. The van der Waals surface area contributed by atoms with Gasteiger partial charge in [-0.25, -0.2) is 9.50 Å². The summed E-state index contributed by atoms with van der Waals surface area (Å²) in [5.74, 6) is 0. The molecule has 1 aliphatic rings. The smallest absolute Gasteiger partial charge is 0.294 e. The van der Waals surface area contributed by atoms with E-state index in [0.29, 0.717) is 5.65 Å². The van der Waals surface area contributed by atoms with Crippen molar-refractivity contribution in [3.05, 3.63) is 46.6 Å². The standard InChI is InChI=1S/C13H11N5O.ClH/c19-13-12-15-6-11(18(12)17-7-16-13)9-1-2-10-8(5-9)3-4-14-10;/h1-2,5-7,14H,3-4H2,(H,16,17,19);1H. The van der Waals surface area contributed by atoms with Gasteiger partial charge in [0.2, 0.25) is 5.65 Å². The van der Waals surface area contributed by atoms with Crippen molar-refractivity contribution >= 4 is 23.7 Å². The number of halogens is 1. The van der Waals surface area contributed by atoms with E-state index >= 15 is 0 Å². The molecule has 0 amide bonds. The Hall–Kier alpha value is -2.34. The van der Waals surface area contributed by atoms with Gasteiger partial charge in [-0.1, -0.05) is 6.07 Å². The van der Waals surface area contributed by atoms with Crippen LogP contribution in [0.25, 0.3) is 16.9 Å². The van der Waals surface area contributed by atoms with Gasteiger partial charge in [0.1, 0.15) is 6.33 Å². The summed E-state index contributed by atoms with van der Waals surface area (Å²) in [7, 11) is 0. The molecule has 1 aromatic carbocycles. The first-order valence-corrected chi connectivity index (χ1v) is 6.11. The zero-order chi connectivity index (χ0) is 12.8. The molecule has 0 fully saturated rings. The highest BCUT2D eigenvalue weighted by molar-refractivity contribution is 5.85. The molecule has 2 N–H and O–H groups in total. The molecular formula is C13H12ClN5O. The van der Waals surface area contributed by atoms with Crippen molar-refractivity contribution < 1.29 is 0 Å². The number of benzene rings is 1. The summed E-state index contributed by atoms with van der Waals surface area (Å²) in [6.07, 6.45) is 4.09. The van der Waals surface area contributed by atoms with E-state index in [0.717, 1.165) is 24.2 Å². The van der Waals surface area contributed by atoms with E-state index < -0.39 is 0 Å². The topological polar surface area (TPSA) is 75.1 Å². The number of nitrogens with one attached hydrogen (secondary N) is 2. The van der Waals surface area contributed by atoms with Gasteiger partial charge in [-0.15, -0.1) is 12.4 Å². The van der Waals surface area contributed by atoms with Crippen molar-refractivity contribution in [2.45, 2.75) is 6.42 Å². The van der Waals surface area contributed by atoms with Crippen molar-refractivity contribution in [2.24, 2.45) is 0 Å². The highest BCUT2D eigenvalue weighted by Crippen LogP contribution is 2.28. The van der Waals surface area contributed by atoms with Crippen molar-refractivity contribution in [2.75, 3.05) is 11.9 Å². The molecule has 0 saturated heterocycles. The number of rotatable bonds is 1. The van der Waals surface area contributed by atoms with E-state index in [1.807, 2.05) is 6.07 Å². The Morgan fingerprint density at radius 2 is 2.20 bits per heavy atom. The molecule has 3 heterocycles. The second-order valence-electron chi connectivity index (χ2n) is 4.55. The fourth-order valence-electron chi connectivity index (χ4n) is 2.49. The number of aromatic nitrogens is 4. The molecule has 2 aromatic heterocycles. The Bertz CT molecular complexity index is 838. The predicted octanol–water partition coefficient (Wildman–Crippen LogP) is 1.47. The Kier molecular flexibility index (Phi) is 2.94. The summed E-state index contributed by atoms with van der Waals surface area (Å²) in [6, 6.07) is 6.20. The van der Waals surface area contributed by atoms with Gasteiger partial charge in [0.25, 0.3) is 5.56 Å². The van der Waals surface area contributed by atoms with Crippen molar-refractivity contribution in [1.29, 1.82) is 0 Å². The van der Waals surface area contributed by atoms with Crippen molar-refractivity contribution in [3.63, 3.8) is 0 Å². The van der Waals surface area contributed by atoms with E-state index in [1.165, 1.54) is 17.6 Å². The van der Waals surface area contributed by atoms with Crippen LogP contribution in [-0.2, 0) is 6.42 Å². The van der Waals surface area contributed by atoms with Gasteiger partial charge in [-0.2, -0.15) is 5.10 Å². The average molecular weight is 290 g/mol. The van der Waals surface area contributed by atoms with Gasteiger partial charge in [-0.3, -0.25) is 4.79 Å². The number of aromatic amines is 1. The number of hydrogen-bond acceptors (Lipinski definition) is 4. The Balaban J connectivity index is 0.00000121. The largest absolute Gasteiger partial charge is 0.384 e. The molecular weight excluding hydrogens is 278 g/mol. The van der Waals surface area contributed by atoms with Crippen LogP contribution in [0.5, 0.6) is 0 Å². The predicted molar refractivity (Wildman–Crippen MR) is 78.5 cm³/mol. The average Bonchev–Trinajstić information content (AvgIpc) is 3.04. The van der Waals surface area contributed by atoms with E-state index in [2.05, 4.69) is 32.5 Å². The first kappa shape index (κ1) is 12.7. The van der Waals surface area contributed by atoms with Gasteiger partial charge >= 0.3 is 0 Å². The number of nitrogens with zero attached hydrogens (tertiary/aromatic N) is 3. The van der Waals surface area contributed by atoms with E-state index in [-0.39, 0.29) is 18.0 Å². The van der Waals surface area contributed by atoms with Crippen LogP contribution in [0.3, 0.4) is 0 Å². The molecule has 7 heteroatoms. The first-order valence-electron chi connectivity index (χ1n) is 6.11. The number of hydrogen-bond donors (Lipinski definition) is 2. The Morgan fingerprint density at radius 3 is 3.10 bits per heavy atom. The van der Waals surface area contributed by atoms with E-state index in [1.54, 1.807) is 10.7 Å². The molecule has 0 saturated carbocycles. The summed E-state index contributed by atoms with van der Waals surface area (Å²) in [4.78, 5) is 18.3. The van der Waals surface area contributed by atoms with Crippen LogP contribution in [0.1, 0.15) is 5.56 Å². The highest BCUT2D eigenvalue weighted by Gasteiger charge is 2.14. The van der Waals surface area contributed by atoms with Crippen LogP contribution >= 0.6 is 12.4 Å². The van der Waals surface area contributed by atoms with Crippen LogP contribution in [0.4, 0.5) is 5.69 Å². The molecule has 0 unspecified atom stereocenters. The summed E-state index contributed by atoms with van der Waals surface area (Å²) in [5.41, 5.74) is 4.41. The maximum absolute atomic E-state index is 11.6. The van der Waals surface area contributed by atoms with E-state index in [4.69, 9.17) is 0 Å². The summed E-state index contributed by atoms with van der Waals surface area (Å²) in [6.45, 7) is 0.976. The fourth-order valence-corrected chi connectivity index (χ4v) is 2.49. The van der Waals surface area contributed by atoms with Gasteiger partial charge in [0.15, 0.2) is 0 Å². The van der Waals surface area contributed by atoms with Crippen LogP contribution in [0.2, 0.25) is 0 Å². The Labute approximate surface area is 120 Å². The van der Waals surface area contributed by atoms with Crippen LogP contribution in [-0.4, -0.2) is 26.1 Å². The normalized spacial score (nSPS) is 12.8. The second-order valence-corrected chi connectivity index (χ2v) is 4.55. The quantitative estimate of drug-likeness (QED) is 0.711. The molecule has 0 spiro atoms. The molecule has 0 atom stereocenters. The molecule has 0 bridgehead atoms. The summed E-state index contributed by atoms with van der Waals surface area (Å²) in [5, 5.41) is 7.48. The number of anilines is 1. The lowest BCUT2D eigenvalue weighted by atomic mass is 10.1.